The van der Waals surface area contributed by atoms with Gasteiger partial charge in [0.25, 0.3) is 0 Å². The van der Waals surface area contributed by atoms with Crippen LogP contribution in [0.4, 0.5) is 0 Å². The van der Waals surface area contributed by atoms with Gasteiger partial charge in [-0.05, 0) is 55.0 Å². The van der Waals surface area contributed by atoms with E-state index in [0.717, 1.165) is 22.6 Å². The average Bonchev–Trinajstić information content (AvgIpc) is 3.18. The van der Waals surface area contributed by atoms with Crippen LogP contribution in [0, 0.1) is 13.8 Å². The van der Waals surface area contributed by atoms with Crippen LogP contribution in [0.5, 0.6) is 0 Å². The molecule has 1 aromatic carbocycles. The number of hydrogen-bond acceptors (Lipinski definition) is 5. The topological polar surface area (TPSA) is 90.5 Å². The summed E-state index contributed by atoms with van der Waals surface area (Å²) in [5.74, 6) is -0.01000. The molecule has 2 aromatic heterocycles. The number of aromatic nitrogens is 6. The zero-order chi connectivity index (χ0) is 17.8. The van der Waals surface area contributed by atoms with E-state index in [9.17, 15) is 4.79 Å². The molecule has 8 nitrogen and oxygen atoms in total. The molecule has 0 radical (unpaired) electrons. The molecule has 0 aliphatic heterocycles. The minimum atomic E-state index is -0.01000. The van der Waals surface area contributed by atoms with Crippen LogP contribution in [0.1, 0.15) is 23.9 Å². The first kappa shape index (κ1) is 16.8. The predicted molar refractivity (Wildman–Crippen MR) is 92.2 cm³/mol. The van der Waals surface area contributed by atoms with E-state index in [1.807, 2.05) is 55.8 Å². The normalized spacial score (nSPS) is 12.1. The fourth-order valence-electron chi connectivity index (χ4n) is 2.72. The lowest BCUT2D eigenvalue weighted by atomic mass is 10.1. The van der Waals surface area contributed by atoms with Crippen molar-refractivity contribution < 1.29 is 4.79 Å². The van der Waals surface area contributed by atoms with Gasteiger partial charge in [0, 0.05) is 11.7 Å². The Kier molecular flexibility index (Phi) is 4.87. The van der Waals surface area contributed by atoms with Crippen molar-refractivity contribution in [1.29, 1.82) is 0 Å². The first-order chi connectivity index (χ1) is 12.0. The van der Waals surface area contributed by atoms with Crippen molar-refractivity contribution in [3.63, 3.8) is 0 Å². The summed E-state index contributed by atoms with van der Waals surface area (Å²) < 4.78 is 3.49. The number of aryl methyl sites for hydroxylation is 2. The zero-order valence-corrected chi connectivity index (χ0v) is 14.5. The van der Waals surface area contributed by atoms with Gasteiger partial charge >= 0.3 is 0 Å². The summed E-state index contributed by atoms with van der Waals surface area (Å²) in [6.07, 6.45) is 1.86. The van der Waals surface area contributed by atoms with Crippen LogP contribution in [0.15, 0.2) is 36.7 Å². The van der Waals surface area contributed by atoms with Gasteiger partial charge in [0.2, 0.25) is 5.91 Å². The van der Waals surface area contributed by atoms with E-state index in [2.05, 4.69) is 25.9 Å². The summed E-state index contributed by atoms with van der Waals surface area (Å²) in [4.78, 5) is 12.2. The Balaban J connectivity index is 1.54. The molecule has 2 heterocycles. The van der Waals surface area contributed by atoms with E-state index in [1.54, 1.807) is 4.68 Å². The molecule has 3 rings (SSSR count). The Morgan fingerprint density at radius 1 is 1.24 bits per heavy atom. The fraction of sp³-hybridized carbons (Fsp3) is 0.353. The van der Waals surface area contributed by atoms with Gasteiger partial charge in [-0.2, -0.15) is 5.10 Å². The van der Waals surface area contributed by atoms with Crippen LogP contribution < -0.4 is 5.32 Å². The number of rotatable bonds is 6. The quantitative estimate of drug-likeness (QED) is 0.729. The molecule has 0 saturated heterocycles. The lowest BCUT2D eigenvalue weighted by Gasteiger charge is -2.15. The SMILES string of the molecule is Cc1cc(C)n(C[C@H](C)NC(=O)Cc2ccc(-n3cnnn3)cc2)n1. The van der Waals surface area contributed by atoms with Crippen molar-refractivity contribution in [2.45, 2.75) is 39.8 Å². The molecular weight excluding hydrogens is 318 g/mol. The van der Waals surface area contributed by atoms with E-state index < -0.39 is 0 Å². The molecule has 0 unspecified atom stereocenters. The molecule has 0 aliphatic carbocycles. The molecule has 0 aliphatic rings. The number of hydrogen-bond donors (Lipinski definition) is 1. The Bertz CT molecular complexity index is 837. The van der Waals surface area contributed by atoms with Crippen LogP contribution in [-0.2, 0) is 17.8 Å². The summed E-state index contributed by atoms with van der Waals surface area (Å²) in [7, 11) is 0. The highest BCUT2D eigenvalue weighted by Gasteiger charge is 2.11. The van der Waals surface area contributed by atoms with Crippen LogP contribution in [-0.4, -0.2) is 41.9 Å². The molecule has 0 saturated carbocycles. The Morgan fingerprint density at radius 2 is 2.00 bits per heavy atom. The lowest BCUT2D eigenvalue weighted by molar-refractivity contribution is -0.121. The smallest absolute Gasteiger partial charge is 0.224 e. The van der Waals surface area contributed by atoms with Crippen LogP contribution in [0.3, 0.4) is 0 Å². The summed E-state index contributed by atoms with van der Waals surface area (Å²) in [5.41, 5.74) is 3.87. The number of nitrogens with zero attached hydrogens (tertiary/aromatic N) is 6. The zero-order valence-electron chi connectivity index (χ0n) is 14.5. The second kappa shape index (κ2) is 7.25. The minimum absolute atomic E-state index is 0.00555. The Morgan fingerprint density at radius 3 is 2.60 bits per heavy atom. The predicted octanol–water partition coefficient (Wildman–Crippen LogP) is 1.22. The van der Waals surface area contributed by atoms with Gasteiger partial charge in [0.05, 0.1) is 24.3 Å². The molecule has 8 heteroatoms. The summed E-state index contributed by atoms with van der Waals surface area (Å²) in [6.45, 7) is 6.62. The van der Waals surface area contributed by atoms with Gasteiger partial charge < -0.3 is 5.32 Å². The fourth-order valence-corrected chi connectivity index (χ4v) is 2.72. The van der Waals surface area contributed by atoms with E-state index in [0.29, 0.717) is 13.0 Å². The molecule has 0 spiro atoms. The van der Waals surface area contributed by atoms with Crippen molar-refractivity contribution in [1.82, 2.24) is 35.3 Å². The minimum Gasteiger partial charge on any atom is -0.351 e. The monoisotopic (exact) mass is 339 g/mol. The lowest BCUT2D eigenvalue weighted by Crippen LogP contribution is -2.37. The molecule has 0 fully saturated rings. The summed E-state index contributed by atoms with van der Waals surface area (Å²) in [5, 5.41) is 18.5. The largest absolute Gasteiger partial charge is 0.351 e. The van der Waals surface area contributed by atoms with Crippen molar-refractivity contribution in [2.75, 3.05) is 0 Å². The third-order valence-electron chi connectivity index (χ3n) is 3.87. The molecule has 3 aromatic rings. The molecule has 0 bridgehead atoms. The van der Waals surface area contributed by atoms with Crippen molar-refractivity contribution in [2.24, 2.45) is 0 Å². The second-order valence-electron chi connectivity index (χ2n) is 6.18. The van der Waals surface area contributed by atoms with Gasteiger partial charge in [-0.15, -0.1) is 5.10 Å². The number of benzene rings is 1. The molecular formula is C17H21N7O. The van der Waals surface area contributed by atoms with Crippen molar-refractivity contribution >= 4 is 5.91 Å². The van der Waals surface area contributed by atoms with Gasteiger partial charge in [-0.3, -0.25) is 9.48 Å². The van der Waals surface area contributed by atoms with Gasteiger partial charge in [0.15, 0.2) is 0 Å². The molecule has 130 valence electrons. The van der Waals surface area contributed by atoms with Crippen LogP contribution in [0.25, 0.3) is 5.69 Å². The standard InChI is InChI=1S/C17H21N7O/c1-12-8-14(3)23(20-12)10-13(2)19-17(25)9-15-4-6-16(7-5-15)24-11-18-21-22-24/h4-8,11,13H,9-10H2,1-3H3,(H,19,25)/t13-/m0/s1. The van der Waals surface area contributed by atoms with Gasteiger partial charge in [-0.25, -0.2) is 4.68 Å². The second-order valence-corrected chi connectivity index (χ2v) is 6.18. The third kappa shape index (κ3) is 4.28. The van der Waals surface area contributed by atoms with Crippen molar-refractivity contribution in [3.8, 4) is 5.69 Å². The maximum absolute atomic E-state index is 12.2. The highest BCUT2D eigenvalue weighted by atomic mass is 16.1. The number of nitrogens with one attached hydrogen (secondary N) is 1. The molecule has 25 heavy (non-hydrogen) atoms. The maximum Gasteiger partial charge on any atom is 0.224 e. The summed E-state index contributed by atoms with van der Waals surface area (Å²) >= 11 is 0. The number of tetrazole rings is 1. The summed E-state index contributed by atoms with van der Waals surface area (Å²) in [6, 6.07) is 9.62. The van der Waals surface area contributed by atoms with E-state index in [-0.39, 0.29) is 11.9 Å². The maximum atomic E-state index is 12.2. The highest BCUT2D eigenvalue weighted by Crippen LogP contribution is 2.09. The van der Waals surface area contributed by atoms with E-state index >= 15 is 0 Å². The number of carbonyl (C=O) groups excluding carboxylic acids is 1. The van der Waals surface area contributed by atoms with Crippen LogP contribution in [0.2, 0.25) is 0 Å². The Hall–Kier alpha value is -3.03. The van der Waals surface area contributed by atoms with E-state index in [1.165, 1.54) is 6.33 Å². The number of carbonyl (C=O) groups is 1. The van der Waals surface area contributed by atoms with Crippen molar-refractivity contribution in [3.05, 3.63) is 53.6 Å². The number of amides is 1. The van der Waals surface area contributed by atoms with Gasteiger partial charge in [0.1, 0.15) is 6.33 Å². The molecule has 1 N–H and O–H groups in total. The first-order valence-electron chi connectivity index (χ1n) is 8.14. The van der Waals surface area contributed by atoms with Crippen LogP contribution >= 0.6 is 0 Å². The molecule has 1 atom stereocenters. The third-order valence-corrected chi connectivity index (χ3v) is 3.87. The molecule has 1 amide bonds. The Labute approximate surface area is 145 Å². The van der Waals surface area contributed by atoms with E-state index in [4.69, 9.17) is 0 Å². The first-order valence-corrected chi connectivity index (χ1v) is 8.14. The average molecular weight is 339 g/mol. The highest BCUT2D eigenvalue weighted by molar-refractivity contribution is 5.78. The van der Waals surface area contributed by atoms with Gasteiger partial charge in [-0.1, -0.05) is 12.1 Å².